The van der Waals surface area contributed by atoms with Crippen LogP contribution in [0.15, 0.2) is 51.6 Å². The van der Waals surface area contributed by atoms with E-state index in [2.05, 4.69) is 21.0 Å². The first kappa shape index (κ1) is 12.3. The first-order valence-electron chi connectivity index (χ1n) is 5.51. The number of anilines is 1. The number of rotatable bonds is 2. The summed E-state index contributed by atoms with van der Waals surface area (Å²) < 4.78 is 7.69. The molecule has 0 saturated carbocycles. The zero-order chi connectivity index (χ0) is 13.4. The minimum atomic E-state index is 0.496. The quantitative estimate of drug-likeness (QED) is 0.764. The highest BCUT2D eigenvalue weighted by molar-refractivity contribution is 9.10. The van der Waals surface area contributed by atoms with Crippen molar-refractivity contribution < 1.29 is 4.42 Å². The van der Waals surface area contributed by atoms with Gasteiger partial charge in [-0.05, 0) is 40.2 Å². The number of para-hydroxylation sites is 1. The molecule has 2 heterocycles. The number of aromatic nitrogens is 2. The zero-order valence-corrected chi connectivity index (χ0v) is 12.0. The fourth-order valence-electron chi connectivity index (χ4n) is 1.78. The summed E-state index contributed by atoms with van der Waals surface area (Å²) in [5.41, 5.74) is 7.37. The number of halogens is 2. The molecule has 6 heteroatoms. The van der Waals surface area contributed by atoms with E-state index in [0.29, 0.717) is 27.0 Å². The van der Waals surface area contributed by atoms with Gasteiger partial charge in [0.25, 0.3) is 0 Å². The van der Waals surface area contributed by atoms with Crippen LogP contribution < -0.4 is 5.73 Å². The molecule has 3 rings (SSSR count). The molecular weight excluding hydrogens is 330 g/mol. The van der Waals surface area contributed by atoms with Crippen LogP contribution in [0.25, 0.3) is 17.1 Å². The van der Waals surface area contributed by atoms with Crippen molar-refractivity contribution in [2.24, 2.45) is 0 Å². The lowest BCUT2D eigenvalue weighted by Gasteiger charge is -2.05. The summed E-state index contributed by atoms with van der Waals surface area (Å²) in [5.74, 6) is 1.14. The van der Waals surface area contributed by atoms with Crippen molar-refractivity contribution in [3.05, 3.63) is 52.2 Å². The summed E-state index contributed by atoms with van der Waals surface area (Å²) in [6, 6.07) is 12.8. The first-order chi connectivity index (χ1) is 9.15. The average Bonchev–Trinajstić information content (AvgIpc) is 2.96. The fourth-order valence-corrected chi connectivity index (χ4v) is 2.31. The van der Waals surface area contributed by atoms with E-state index in [1.807, 2.05) is 24.3 Å². The molecule has 19 heavy (non-hydrogen) atoms. The van der Waals surface area contributed by atoms with Crippen molar-refractivity contribution in [3.8, 4) is 17.1 Å². The van der Waals surface area contributed by atoms with Crippen molar-refractivity contribution in [2.75, 3.05) is 5.73 Å². The summed E-state index contributed by atoms with van der Waals surface area (Å²) in [6.07, 6.45) is 0. The third-order valence-electron chi connectivity index (χ3n) is 2.64. The Morgan fingerprint density at radius 2 is 2.00 bits per heavy atom. The highest BCUT2D eigenvalue weighted by Crippen LogP contribution is 2.28. The SMILES string of the molecule is Nc1cc(-c2ccc(Br)o2)nn1-c1ccccc1Cl. The van der Waals surface area contributed by atoms with Crippen molar-refractivity contribution in [1.29, 1.82) is 0 Å². The molecule has 0 aliphatic carbocycles. The van der Waals surface area contributed by atoms with Gasteiger partial charge in [0.15, 0.2) is 10.4 Å². The highest BCUT2D eigenvalue weighted by Gasteiger charge is 2.13. The molecule has 1 aromatic carbocycles. The molecule has 0 aliphatic rings. The Morgan fingerprint density at radius 1 is 1.21 bits per heavy atom. The minimum absolute atomic E-state index is 0.496. The Morgan fingerprint density at radius 3 is 2.68 bits per heavy atom. The van der Waals surface area contributed by atoms with Crippen molar-refractivity contribution >= 4 is 33.3 Å². The minimum Gasteiger partial charge on any atom is -0.448 e. The van der Waals surface area contributed by atoms with Crippen molar-refractivity contribution in [3.63, 3.8) is 0 Å². The smallest absolute Gasteiger partial charge is 0.169 e. The van der Waals surface area contributed by atoms with E-state index < -0.39 is 0 Å². The molecule has 0 bridgehead atoms. The maximum absolute atomic E-state index is 6.14. The maximum Gasteiger partial charge on any atom is 0.169 e. The van der Waals surface area contributed by atoms with E-state index >= 15 is 0 Å². The van der Waals surface area contributed by atoms with Crippen molar-refractivity contribution in [1.82, 2.24) is 9.78 Å². The summed E-state index contributed by atoms with van der Waals surface area (Å²) in [4.78, 5) is 0. The Labute approximate surface area is 122 Å². The topological polar surface area (TPSA) is 57.0 Å². The molecule has 0 fully saturated rings. The molecule has 2 aromatic heterocycles. The van der Waals surface area contributed by atoms with Crippen LogP contribution in [0.4, 0.5) is 5.82 Å². The molecule has 4 nitrogen and oxygen atoms in total. The third-order valence-corrected chi connectivity index (χ3v) is 3.39. The van der Waals surface area contributed by atoms with Crippen LogP contribution in [-0.4, -0.2) is 9.78 Å². The van der Waals surface area contributed by atoms with E-state index in [1.165, 1.54) is 0 Å². The van der Waals surface area contributed by atoms with E-state index in [4.69, 9.17) is 21.8 Å². The second kappa shape index (κ2) is 4.75. The van der Waals surface area contributed by atoms with E-state index in [-0.39, 0.29) is 0 Å². The number of nitrogens with zero attached hydrogens (tertiary/aromatic N) is 2. The number of hydrogen-bond acceptors (Lipinski definition) is 3. The van der Waals surface area contributed by atoms with Gasteiger partial charge in [-0.15, -0.1) is 0 Å². The van der Waals surface area contributed by atoms with Crippen LogP contribution in [0.5, 0.6) is 0 Å². The number of furan rings is 1. The van der Waals surface area contributed by atoms with Crippen LogP contribution in [0.2, 0.25) is 5.02 Å². The van der Waals surface area contributed by atoms with Crippen molar-refractivity contribution in [2.45, 2.75) is 0 Å². The van der Waals surface area contributed by atoms with Crippen LogP contribution in [-0.2, 0) is 0 Å². The van der Waals surface area contributed by atoms with Crippen LogP contribution in [0.3, 0.4) is 0 Å². The monoisotopic (exact) mass is 337 g/mol. The maximum atomic E-state index is 6.14. The first-order valence-corrected chi connectivity index (χ1v) is 6.68. The van der Waals surface area contributed by atoms with Crippen LogP contribution in [0.1, 0.15) is 0 Å². The molecule has 0 saturated heterocycles. The average molecular weight is 339 g/mol. The van der Waals surface area contributed by atoms with E-state index in [1.54, 1.807) is 22.9 Å². The van der Waals surface area contributed by atoms with Gasteiger partial charge in [-0.1, -0.05) is 23.7 Å². The van der Waals surface area contributed by atoms with Gasteiger partial charge < -0.3 is 10.2 Å². The molecule has 0 amide bonds. The van der Waals surface area contributed by atoms with Gasteiger partial charge in [-0.2, -0.15) is 5.10 Å². The molecule has 0 aliphatic heterocycles. The van der Waals surface area contributed by atoms with Gasteiger partial charge in [0.1, 0.15) is 11.5 Å². The van der Waals surface area contributed by atoms with Gasteiger partial charge in [0.05, 0.1) is 10.7 Å². The van der Waals surface area contributed by atoms with Gasteiger partial charge in [0, 0.05) is 6.07 Å². The third kappa shape index (κ3) is 2.27. The number of nitrogen functional groups attached to an aromatic ring is 1. The molecule has 0 unspecified atom stereocenters. The summed E-state index contributed by atoms with van der Waals surface area (Å²) >= 11 is 9.40. The van der Waals surface area contributed by atoms with Crippen LogP contribution in [0, 0.1) is 0 Å². The van der Waals surface area contributed by atoms with Gasteiger partial charge >= 0.3 is 0 Å². The second-order valence-electron chi connectivity index (χ2n) is 3.92. The van der Waals surface area contributed by atoms with E-state index in [9.17, 15) is 0 Å². The Kier molecular flexibility index (Phi) is 3.08. The molecule has 0 radical (unpaired) electrons. The molecular formula is C13H9BrClN3O. The Balaban J connectivity index is 2.10. The Hall–Kier alpha value is -1.72. The summed E-state index contributed by atoms with van der Waals surface area (Å²) in [5, 5.41) is 5.00. The fraction of sp³-hybridized carbons (Fsp3) is 0. The standard InChI is InChI=1S/C13H9BrClN3O/c14-12-6-5-11(19-12)9-7-13(16)18(17-9)10-4-2-1-3-8(10)15/h1-7H,16H2. The molecule has 96 valence electrons. The molecule has 0 spiro atoms. The number of benzene rings is 1. The second-order valence-corrected chi connectivity index (χ2v) is 5.11. The highest BCUT2D eigenvalue weighted by atomic mass is 79.9. The molecule has 2 N–H and O–H groups in total. The zero-order valence-electron chi connectivity index (χ0n) is 9.68. The Bertz CT molecular complexity index is 735. The van der Waals surface area contributed by atoms with Crippen LogP contribution >= 0.6 is 27.5 Å². The summed E-state index contributed by atoms with van der Waals surface area (Å²) in [7, 11) is 0. The van der Waals surface area contributed by atoms with Gasteiger partial charge in [0.2, 0.25) is 0 Å². The van der Waals surface area contributed by atoms with E-state index in [0.717, 1.165) is 5.69 Å². The predicted molar refractivity (Wildman–Crippen MR) is 78.4 cm³/mol. The van der Waals surface area contributed by atoms with Gasteiger partial charge in [-0.3, -0.25) is 0 Å². The molecule has 3 aromatic rings. The predicted octanol–water partition coefficient (Wildman–Crippen LogP) is 4.13. The number of hydrogen-bond donors (Lipinski definition) is 1. The van der Waals surface area contributed by atoms with Gasteiger partial charge in [-0.25, -0.2) is 4.68 Å². The largest absolute Gasteiger partial charge is 0.448 e. The number of nitrogens with two attached hydrogens (primary N) is 1. The normalized spacial score (nSPS) is 10.8. The molecule has 0 atom stereocenters. The lowest BCUT2D eigenvalue weighted by atomic mass is 10.3. The lowest BCUT2D eigenvalue weighted by Crippen LogP contribution is -2.02. The lowest BCUT2D eigenvalue weighted by molar-refractivity contribution is 0.553. The summed E-state index contributed by atoms with van der Waals surface area (Å²) in [6.45, 7) is 0.